The molecule has 1 amide bonds. The Labute approximate surface area is 128 Å². The molecular weight excluding hydrogens is 280 g/mol. The Hall–Kier alpha value is -2.43. The molecule has 1 aliphatic heterocycles. The van der Waals surface area contributed by atoms with Gasteiger partial charge in [0, 0.05) is 32.1 Å². The molecule has 0 saturated heterocycles. The summed E-state index contributed by atoms with van der Waals surface area (Å²) in [6.45, 7) is 5.09. The molecule has 2 aromatic carbocycles. The van der Waals surface area contributed by atoms with E-state index in [0.717, 1.165) is 24.1 Å². The standard InChI is InChI=1S/C17H18N2O3/c1-10-15(17(22)16(10)21)19-6-5-13-4-3-12(7-14(13)9-19)8-18-11(2)20/h3-4,7H,5-6,8-9H2,1-2H3,(H,18,20). The van der Waals surface area contributed by atoms with Gasteiger partial charge in [-0.05, 0) is 30.0 Å². The highest BCUT2D eigenvalue weighted by molar-refractivity contribution is 5.72. The van der Waals surface area contributed by atoms with Crippen molar-refractivity contribution in [1.29, 1.82) is 0 Å². The van der Waals surface area contributed by atoms with Crippen molar-refractivity contribution in [2.75, 3.05) is 11.4 Å². The van der Waals surface area contributed by atoms with E-state index in [1.54, 1.807) is 6.92 Å². The Bertz CT molecular complexity index is 816. The van der Waals surface area contributed by atoms with Crippen LogP contribution < -0.4 is 21.1 Å². The summed E-state index contributed by atoms with van der Waals surface area (Å²) >= 11 is 0. The summed E-state index contributed by atoms with van der Waals surface area (Å²) in [5.74, 6) is -0.0568. The number of nitrogens with one attached hydrogen (secondary N) is 1. The van der Waals surface area contributed by atoms with Crippen LogP contribution in [0.25, 0.3) is 0 Å². The minimum atomic E-state index is -0.365. The topological polar surface area (TPSA) is 66.5 Å². The van der Waals surface area contributed by atoms with Crippen LogP contribution in [0.5, 0.6) is 0 Å². The maximum Gasteiger partial charge on any atom is 0.249 e. The number of benzene rings is 1. The smallest absolute Gasteiger partial charge is 0.249 e. The first-order chi connectivity index (χ1) is 10.5. The van der Waals surface area contributed by atoms with Crippen LogP contribution in [0.4, 0.5) is 5.69 Å². The van der Waals surface area contributed by atoms with Gasteiger partial charge in [-0.25, -0.2) is 0 Å². The first-order valence-electron chi connectivity index (χ1n) is 7.37. The van der Waals surface area contributed by atoms with Gasteiger partial charge < -0.3 is 10.2 Å². The van der Waals surface area contributed by atoms with Crippen LogP contribution in [0, 0.1) is 6.92 Å². The van der Waals surface area contributed by atoms with Crippen molar-refractivity contribution < 1.29 is 4.79 Å². The van der Waals surface area contributed by atoms with E-state index in [-0.39, 0.29) is 16.8 Å². The third-order valence-electron chi connectivity index (χ3n) is 4.26. The van der Waals surface area contributed by atoms with Gasteiger partial charge in [-0.3, -0.25) is 14.4 Å². The van der Waals surface area contributed by atoms with Crippen molar-refractivity contribution in [3.8, 4) is 0 Å². The van der Waals surface area contributed by atoms with Crippen molar-refractivity contribution in [2.45, 2.75) is 33.4 Å². The first kappa shape index (κ1) is 14.5. The number of amides is 1. The highest BCUT2D eigenvalue weighted by Crippen LogP contribution is 2.25. The van der Waals surface area contributed by atoms with Crippen LogP contribution in [-0.4, -0.2) is 12.5 Å². The molecule has 1 N–H and O–H groups in total. The van der Waals surface area contributed by atoms with Crippen molar-refractivity contribution in [3.05, 3.63) is 60.9 Å². The van der Waals surface area contributed by atoms with Gasteiger partial charge in [0.05, 0.1) is 5.69 Å². The molecule has 0 bridgehead atoms. The third-order valence-corrected chi connectivity index (χ3v) is 4.26. The predicted octanol–water partition coefficient (Wildman–Crippen LogP) is 0.790. The molecule has 5 heteroatoms. The van der Waals surface area contributed by atoms with Gasteiger partial charge in [-0.1, -0.05) is 18.2 Å². The lowest BCUT2D eigenvalue weighted by molar-refractivity contribution is -0.119. The Balaban J connectivity index is 1.82. The largest absolute Gasteiger partial charge is 0.363 e. The summed E-state index contributed by atoms with van der Waals surface area (Å²) in [5.41, 5.74) is 3.87. The molecule has 0 aromatic heterocycles. The number of hydrogen-bond donors (Lipinski definition) is 1. The minimum absolute atomic E-state index is 0.0568. The lowest BCUT2D eigenvalue weighted by atomic mass is 9.95. The Morgan fingerprint density at radius 3 is 2.68 bits per heavy atom. The quantitative estimate of drug-likeness (QED) is 0.851. The first-order valence-corrected chi connectivity index (χ1v) is 7.37. The number of carbonyl (C=O) groups excluding carboxylic acids is 1. The van der Waals surface area contributed by atoms with E-state index >= 15 is 0 Å². The van der Waals surface area contributed by atoms with Gasteiger partial charge in [0.15, 0.2) is 0 Å². The Kier molecular flexibility index (Phi) is 3.56. The highest BCUT2D eigenvalue weighted by Gasteiger charge is 2.25. The van der Waals surface area contributed by atoms with E-state index < -0.39 is 0 Å². The van der Waals surface area contributed by atoms with Crippen LogP contribution in [0.2, 0.25) is 0 Å². The van der Waals surface area contributed by atoms with E-state index in [9.17, 15) is 14.4 Å². The average molecular weight is 298 g/mol. The number of fused-ring (bicyclic) bond motifs is 1. The maximum absolute atomic E-state index is 11.7. The van der Waals surface area contributed by atoms with Crippen LogP contribution in [-0.2, 0) is 24.3 Å². The van der Waals surface area contributed by atoms with E-state index in [2.05, 4.69) is 17.4 Å². The zero-order chi connectivity index (χ0) is 15.9. The number of rotatable bonds is 3. The van der Waals surface area contributed by atoms with Gasteiger partial charge in [-0.15, -0.1) is 0 Å². The monoisotopic (exact) mass is 298 g/mol. The fourth-order valence-electron chi connectivity index (χ4n) is 3.01. The van der Waals surface area contributed by atoms with Gasteiger partial charge in [-0.2, -0.15) is 0 Å². The summed E-state index contributed by atoms with van der Waals surface area (Å²) in [4.78, 5) is 36.1. The molecule has 0 aliphatic carbocycles. The molecule has 2 aromatic rings. The van der Waals surface area contributed by atoms with E-state index in [4.69, 9.17) is 0 Å². The highest BCUT2D eigenvalue weighted by atomic mass is 16.2. The molecule has 0 radical (unpaired) electrons. The van der Waals surface area contributed by atoms with Crippen molar-refractivity contribution in [3.63, 3.8) is 0 Å². The fourth-order valence-corrected chi connectivity index (χ4v) is 3.01. The SMILES string of the molecule is CC(=O)NCc1ccc2c(c1)CN(c1c(C)c(=O)c1=O)CC2. The van der Waals surface area contributed by atoms with E-state index in [1.165, 1.54) is 12.5 Å². The second-order valence-electron chi connectivity index (χ2n) is 5.82. The van der Waals surface area contributed by atoms with Crippen molar-refractivity contribution in [1.82, 2.24) is 5.32 Å². The van der Waals surface area contributed by atoms with E-state index in [1.807, 2.05) is 11.0 Å². The molecule has 0 unspecified atom stereocenters. The minimum Gasteiger partial charge on any atom is -0.363 e. The Morgan fingerprint density at radius 1 is 1.23 bits per heavy atom. The van der Waals surface area contributed by atoms with Gasteiger partial charge in [0.25, 0.3) is 0 Å². The summed E-state index contributed by atoms with van der Waals surface area (Å²) in [6.07, 6.45) is 0.855. The summed E-state index contributed by atoms with van der Waals surface area (Å²) in [5, 5.41) is 2.78. The summed E-state index contributed by atoms with van der Waals surface area (Å²) in [6, 6.07) is 6.17. The molecular formula is C17H18N2O3. The summed E-state index contributed by atoms with van der Waals surface area (Å²) < 4.78 is 0. The molecule has 114 valence electrons. The van der Waals surface area contributed by atoms with Crippen molar-refractivity contribution >= 4 is 11.6 Å². The van der Waals surface area contributed by atoms with Crippen molar-refractivity contribution in [2.24, 2.45) is 0 Å². The fraction of sp³-hybridized carbons (Fsp3) is 0.353. The lowest BCUT2D eigenvalue weighted by Gasteiger charge is -2.32. The Morgan fingerprint density at radius 2 is 2.00 bits per heavy atom. The predicted molar refractivity (Wildman–Crippen MR) is 84.8 cm³/mol. The zero-order valence-electron chi connectivity index (χ0n) is 12.7. The summed E-state index contributed by atoms with van der Waals surface area (Å²) in [7, 11) is 0. The number of nitrogens with zero attached hydrogens (tertiary/aromatic N) is 1. The molecule has 1 aliphatic rings. The lowest BCUT2D eigenvalue weighted by Crippen LogP contribution is -2.44. The molecule has 0 saturated carbocycles. The maximum atomic E-state index is 11.7. The molecule has 0 atom stereocenters. The molecule has 3 rings (SSSR count). The third kappa shape index (κ3) is 2.43. The number of carbonyl (C=O) groups is 1. The molecule has 5 nitrogen and oxygen atoms in total. The molecule has 1 heterocycles. The number of anilines is 1. The van der Waals surface area contributed by atoms with E-state index in [0.29, 0.717) is 24.3 Å². The normalized spacial score (nSPS) is 14.0. The zero-order valence-corrected chi connectivity index (χ0v) is 12.7. The van der Waals surface area contributed by atoms with Crippen LogP contribution in [0.3, 0.4) is 0 Å². The van der Waals surface area contributed by atoms with Gasteiger partial charge in [0.1, 0.15) is 0 Å². The van der Waals surface area contributed by atoms with Crippen LogP contribution >= 0.6 is 0 Å². The average Bonchev–Trinajstić information content (AvgIpc) is 2.52. The molecule has 0 spiro atoms. The molecule has 0 fully saturated rings. The number of hydrogen-bond acceptors (Lipinski definition) is 4. The van der Waals surface area contributed by atoms with Crippen LogP contribution in [0.15, 0.2) is 27.8 Å². The molecule has 22 heavy (non-hydrogen) atoms. The van der Waals surface area contributed by atoms with Crippen LogP contribution in [0.1, 0.15) is 29.2 Å². The van der Waals surface area contributed by atoms with Gasteiger partial charge >= 0.3 is 0 Å². The second-order valence-corrected chi connectivity index (χ2v) is 5.82. The second kappa shape index (κ2) is 5.40. The van der Waals surface area contributed by atoms with Gasteiger partial charge in [0.2, 0.25) is 16.8 Å².